The van der Waals surface area contributed by atoms with Crippen LogP contribution in [0.5, 0.6) is 11.5 Å². The van der Waals surface area contributed by atoms with Gasteiger partial charge in [0.05, 0.1) is 0 Å². The molecular formula is C17H11ClF8O5S2. The Morgan fingerprint density at radius 2 is 1.30 bits per heavy atom. The van der Waals surface area contributed by atoms with Crippen molar-refractivity contribution in [3.05, 3.63) is 53.1 Å². The van der Waals surface area contributed by atoms with Crippen LogP contribution >= 0.6 is 10.7 Å². The van der Waals surface area contributed by atoms with Crippen molar-refractivity contribution in [2.75, 3.05) is 0 Å². The number of hydrogen-bond donors (Lipinski definition) is 0. The van der Waals surface area contributed by atoms with Crippen molar-refractivity contribution in [3.8, 4) is 11.5 Å². The van der Waals surface area contributed by atoms with Gasteiger partial charge in [-0.2, -0.15) is 26.3 Å². The van der Waals surface area contributed by atoms with Crippen LogP contribution in [-0.2, 0) is 18.9 Å². The Morgan fingerprint density at radius 1 is 0.818 bits per heavy atom. The molecule has 2 aromatic carbocycles. The van der Waals surface area contributed by atoms with Gasteiger partial charge in [-0.1, -0.05) is 17.7 Å². The minimum atomic E-state index is -7.30. The van der Waals surface area contributed by atoms with Crippen LogP contribution in [0.4, 0.5) is 35.1 Å². The van der Waals surface area contributed by atoms with Crippen molar-refractivity contribution in [2.45, 2.75) is 35.2 Å². The number of aryl methyl sites for hydroxylation is 2. The van der Waals surface area contributed by atoms with E-state index in [1.807, 2.05) is 0 Å². The van der Waals surface area contributed by atoms with Gasteiger partial charge in [-0.15, -0.1) is 0 Å². The smallest absolute Gasteiger partial charge is 0.428 e. The summed E-state index contributed by atoms with van der Waals surface area (Å²) in [6.45, 7) is 3.21. The van der Waals surface area contributed by atoms with E-state index in [1.54, 1.807) is 13.0 Å². The van der Waals surface area contributed by atoms with Gasteiger partial charge < -0.3 is 4.74 Å². The second kappa shape index (κ2) is 8.27. The van der Waals surface area contributed by atoms with Crippen LogP contribution in [0, 0.1) is 25.5 Å². The molecule has 0 fully saturated rings. The zero-order valence-corrected chi connectivity index (χ0v) is 18.5. The Bertz CT molecular complexity index is 1290. The van der Waals surface area contributed by atoms with Gasteiger partial charge >= 0.3 is 25.5 Å². The Balaban J connectivity index is 2.61. The summed E-state index contributed by atoms with van der Waals surface area (Å²) in [5, 5.41) is -13.9. The number of hydrogen-bond acceptors (Lipinski definition) is 5. The predicted octanol–water partition coefficient (Wildman–Crippen LogP) is 5.54. The van der Waals surface area contributed by atoms with Gasteiger partial charge in [0.25, 0.3) is 9.84 Å². The molecule has 0 saturated heterocycles. The number of alkyl halides is 6. The van der Waals surface area contributed by atoms with Crippen LogP contribution in [-0.4, -0.2) is 33.3 Å². The molecule has 16 heteroatoms. The lowest BCUT2D eigenvalue weighted by Crippen LogP contribution is -2.59. The summed E-state index contributed by atoms with van der Waals surface area (Å²) < 4.78 is 161. The standard InChI is InChI=1S/C17H11ClF8O5S2/c1-8-3-4-13(9(2)5-8)31-10-6-11(19)14(12(20)7-10)32(27,28)16(23,24)15(21,22)17(25,26)33(18,29)30/h3-7H,1-2H3. The lowest BCUT2D eigenvalue weighted by molar-refractivity contribution is -0.243. The van der Waals surface area contributed by atoms with Crippen LogP contribution in [0.3, 0.4) is 0 Å². The molecule has 0 heterocycles. The third-order valence-corrected chi connectivity index (χ3v) is 7.48. The SMILES string of the molecule is Cc1ccc(Oc2cc(F)c(S(=O)(=O)C(F)(F)C(F)(F)C(F)(F)S(=O)(=O)Cl)c(F)c2)c(C)c1. The molecule has 184 valence electrons. The second-order valence-corrected chi connectivity index (χ2v) is 11.2. The molecule has 0 bridgehead atoms. The molecule has 2 aromatic rings. The number of benzene rings is 2. The molecule has 0 aromatic heterocycles. The van der Waals surface area contributed by atoms with E-state index in [-0.39, 0.29) is 17.9 Å². The van der Waals surface area contributed by atoms with Gasteiger partial charge in [-0.05, 0) is 25.5 Å². The van der Waals surface area contributed by atoms with E-state index in [2.05, 4.69) is 10.7 Å². The predicted molar refractivity (Wildman–Crippen MR) is 99.1 cm³/mol. The zero-order valence-electron chi connectivity index (χ0n) is 16.1. The average Bonchev–Trinajstić information content (AvgIpc) is 2.61. The summed E-state index contributed by atoms with van der Waals surface area (Å²) in [4.78, 5) is -2.72. The third-order valence-electron chi connectivity index (χ3n) is 4.17. The second-order valence-electron chi connectivity index (χ2n) is 6.64. The van der Waals surface area contributed by atoms with Crippen LogP contribution < -0.4 is 4.74 Å². The minimum absolute atomic E-state index is 0.00108. The largest absolute Gasteiger partial charge is 0.457 e. The fraction of sp³-hybridized carbons (Fsp3) is 0.294. The number of sulfone groups is 1. The molecule has 0 unspecified atom stereocenters. The Morgan fingerprint density at radius 3 is 1.73 bits per heavy atom. The monoisotopic (exact) mass is 546 g/mol. The maximum absolute atomic E-state index is 14.3. The van der Waals surface area contributed by atoms with Crippen LogP contribution in [0.2, 0.25) is 0 Å². The van der Waals surface area contributed by atoms with E-state index in [1.165, 1.54) is 19.1 Å². The van der Waals surface area contributed by atoms with Crippen LogP contribution in [0.15, 0.2) is 35.2 Å². The highest BCUT2D eigenvalue weighted by molar-refractivity contribution is 8.14. The highest BCUT2D eigenvalue weighted by Crippen LogP contribution is 2.53. The molecule has 0 N–H and O–H groups in total. The van der Waals surface area contributed by atoms with Crippen LogP contribution in [0.1, 0.15) is 11.1 Å². The molecule has 0 atom stereocenters. The topological polar surface area (TPSA) is 77.5 Å². The van der Waals surface area contributed by atoms with E-state index in [0.29, 0.717) is 5.56 Å². The first-order valence-corrected chi connectivity index (χ1v) is 12.0. The van der Waals surface area contributed by atoms with E-state index in [0.717, 1.165) is 5.56 Å². The van der Waals surface area contributed by atoms with Crippen molar-refractivity contribution in [1.82, 2.24) is 0 Å². The molecule has 2 rings (SSSR count). The first kappa shape index (κ1) is 27.1. The number of halogens is 9. The van der Waals surface area contributed by atoms with Gasteiger partial charge in [-0.25, -0.2) is 25.6 Å². The highest BCUT2D eigenvalue weighted by Gasteiger charge is 2.82. The summed E-state index contributed by atoms with van der Waals surface area (Å²) in [5.41, 5.74) is 1.20. The molecule has 0 spiro atoms. The quantitative estimate of drug-likeness (QED) is 0.337. The number of ether oxygens (including phenoxy) is 1. The first-order chi connectivity index (χ1) is 14.7. The molecular weight excluding hydrogens is 536 g/mol. The molecule has 0 aliphatic carbocycles. The summed E-state index contributed by atoms with van der Waals surface area (Å²) in [7, 11) is -10.1. The third kappa shape index (κ3) is 4.37. The maximum Gasteiger partial charge on any atom is 0.428 e. The van der Waals surface area contributed by atoms with Crippen molar-refractivity contribution in [3.63, 3.8) is 0 Å². The molecule has 5 nitrogen and oxygen atoms in total. The summed E-state index contributed by atoms with van der Waals surface area (Å²) in [6.07, 6.45) is 0. The lowest BCUT2D eigenvalue weighted by Gasteiger charge is -2.30. The van der Waals surface area contributed by atoms with Gasteiger partial charge in [0.1, 0.15) is 28.0 Å². The Labute approximate surface area is 186 Å². The van der Waals surface area contributed by atoms with Crippen molar-refractivity contribution >= 4 is 29.6 Å². The van der Waals surface area contributed by atoms with Gasteiger partial charge in [0.15, 0.2) is 0 Å². The molecule has 33 heavy (non-hydrogen) atoms. The van der Waals surface area contributed by atoms with Crippen LogP contribution in [0.25, 0.3) is 0 Å². The minimum Gasteiger partial charge on any atom is -0.457 e. The van der Waals surface area contributed by atoms with E-state index < -0.39 is 57.6 Å². The van der Waals surface area contributed by atoms with E-state index >= 15 is 0 Å². The lowest BCUT2D eigenvalue weighted by atomic mass is 10.1. The Hall–Kier alpha value is -2.13. The fourth-order valence-electron chi connectivity index (χ4n) is 2.51. The summed E-state index contributed by atoms with van der Waals surface area (Å²) >= 11 is 0. The molecule has 0 amide bonds. The summed E-state index contributed by atoms with van der Waals surface area (Å²) in [6, 6.07) is 4.49. The first-order valence-electron chi connectivity index (χ1n) is 8.25. The summed E-state index contributed by atoms with van der Waals surface area (Å²) in [5.74, 6) is -12.8. The van der Waals surface area contributed by atoms with Crippen molar-refractivity contribution in [1.29, 1.82) is 0 Å². The normalized spacial score (nSPS) is 13.8. The van der Waals surface area contributed by atoms with Gasteiger partial charge in [-0.3, -0.25) is 0 Å². The number of rotatable bonds is 7. The van der Waals surface area contributed by atoms with Crippen molar-refractivity contribution < 1.29 is 56.7 Å². The van der Waals surface area contributed by atoms with Gasteiger partial charge in [0, 0.05) is 22.8 Å². The fourth-order valence-corrected chi connectivity index (χ4v) is 4.66. The van der Waals surface area contributed by atoms with Gasteiger partial charge in [0.2, 0.25) is 0 Å². The van der Waals surface area contributed by atoms with Crippen molar-refractivity contribution in [2.24, 2.45) is 0 Å². The average molecular weight is 547 g/mol. The molecule has 0 saturated carbocycles. The van der Waals surface area contributed by atoms with E-state index in [9.17, 15) is 52.0 Å². The molecule has 0 aliphatic rings. The Kier molecular flexibility index (Phi) is 6.79. The highest BCUT2D eigenvalue weighted by atomic mass is 35.7. The molecule has 0 aliphatic heterocycles. The maximum atomic E-state index is 14.3. The van der Waals surface area contributed by atoms with E-state index in [4.69, 9.17) is 4.74 Å². The zero-order chi connectivity index (χ0) is 25.8. The molecule has 0 radical (unpaired) electrons.